The van der Waals surface area contributed by atoms with E-state index in [-0.39, 0.29) is 11.4 Å². The van der Waals surface area contributed by atoms with E-state index in [1.54, 1.807) is 0 Å². The molecule has 2 aromatic rings. The van der Waals surface area contributed by atoms with Crippen molar-refractivity contribution >= 4 is 17.9 Å². The number of anilines is 1. The fraction of sp³-hybridized carbons (Fsp3) is 0.429. The number of carbonyl (C=O) groups is 2. The van der Waals surface area contributed by atoms with Gasteiger partial charge in [0, 0.05) is 40.9 Å². The van der Waals surface area contributed by atoms with E-state index in [1.165, 1.54) is 7.11 Å². The second kappa shape index (κ2) is 7.36. The fourth-order valence-corrected chi connectivity index (χ4v) is 4.33. The molecule has 1 aliphatic rings. The Morgan fingerprint density at radius 2 is 2.12 bits per heavy atom. The molecule has 26 heavy (non-hydrogen) atoms. The molecule has 2 heterocycles. The summed E-state index contributed by atoms with van der Waals surface area (Å²) in [6.45, 7) is 2.97. The van der Waals surface area contributed by atoms with E-state index in [0.29, 0.717) is 24.2 Å². The first-order valence-electron chi connectivity index (χ1n) is 9.17. The lowest BCUT2D eigenvalue weighted by Crippen LogP contribution is -2.34. The molecule has 0 aliphatic carbocycles. The number of fused-ring (bicyclic) bond motifs is 1. The van der Waals surface area contributed by atoms with Crippen LogP contribution in [0.2, 0.25) is 0 Å². The molecule has 138 valence electrons. The molecule has 1 aliphatic heterocycles. The third-order valence-corrected chi connectivity index (χ3v) is 5.75. The van der Waals surface area contributed by atoms with E-state index >= 15 is 0 Å². The summed E-state index contributed by atoms with van der Waals surface area (Å²) in [5.41, 5.74) is 10.5. The van der Waals surface area contributed by atoms with Gasteiger partial charge in [-0.1, -0.05) is 25.1 Å². The number of nitrogen functional groups attached to an aromatic ring is 1. The second-order valence-corrected chi connectivity index (χ2v) is 7.00. The summed E-state index contributed by atoms with van der Waals surface area (Å²) in [6.07, 6.45) is 4.86. The van der Waals surface area contributed by atoms with Crippen molar-refractivity contribution in [2.45, 2.75) is 51.0 Å². The lowest BCUT2D eigenvalue weighted by Gasteiger charge is -2.39. The molecule has 5 heteroatoms. The van der Waals surface area contributed by atoms with Crippen LogP contribution in [0.1, 0.15) is 55.2 Å². The number of benzene rings is 1. The van der Waals surface area contributed by atoms with Crippen LogP contribution in [0.4, 0.5) is 5.69 Å². The third-order valence-electron chi connectivity index (χ3n) is 5.75. The van der Waals surface area contributed by atoms with E-state index in [2.05, 4.69) is 11.5 Å². The Labute approximate surface area is 154 Å². The Balaban J connectivity index is 2.17. The molecule has 3 rings (SSSR count). The van der Waals surface area contributed by atoms with Crippen LogP contribution in [-0.2, 0) is 21.5 Å². The van der Waals surface area contributed by atoms with E-state index in [1.807, 2.05) is 30.3 Å². The summed E-state index contributed by atoms with van der Waals surface area (Å²) in [6, 6.07) is 9.69. The zero-order chi connectivity index (χ0) is 18.7. The minimum atomic E-state index is -0.196. The number of aromatic nitrogens is 1. The van der Waals surface area contributed by atoms with Gasteiger partial charge in [-0.3, -0.25) is 9.59 Å². The Bertz CT molecular complexity index is 825. The van der Waals surface area contributed by atoms with Crippen LogP contribution in [-0.4, -0.2) is 23.9 Å². The molecule has 0 amide bonds. The average Bonchev–Trinajstić information content (AvgIpc) is 3.06. The van der Waals surface area contributed by atoms with Crippen molar-refractivity contribution in [2.24, 2.45) is 0 Å². The highest BCUT2D eigenvalue weighted by Crippen LogP contribution is 2.47. The van der Waals surface area contributed by atoms with Gasteiger partial charge >= 0.3 is 5.97 Å². The minimum Gasteiger partial charge on any atom is -0.469 e. The molecule has 1 atom stereocenters. The summed E-state index contributed by atoms with van der Waals surface area (Å²) in [4.78, 5) is 23.5. The molecule has 0 fully saturated rings. The van der Waals surface area contributed by atoms with Gasteiger partial charge in [0.25, 0.3) is 0 Å². The number of hydrogen-bond acceptors (Lipinski definition) is 4. The number of carbonyl (C=O) groups excluding carboxylic acids is 2. The number of rotatable bonds is 6. The minimum absolute atomic E-state index is 0.161. The molecule has 5 nitrogen and oxygen atoms in total. The van der Waals surface area contributed by atoms with Gasteiger partial charge in [-0.25, -0.2) is 0 Å². The maximum atomic E-state index is 11.8. The van der Waals surface area contributed by atoms with Crippen molar-refractivity contribution in [3.63, 3.8) is 0 Å². The number of ether oxygens (including phenoxy) is 1. The molecule has 1 aromatic heterocycles. The first-order valence-corrected chi connectivity index (χ1v) is 9.17. The van der Waals surface area contributed by atoms with Crippen molar-refractivity contribution in [2.75, 3.05) is 12.8 Å². The number of esters is 1. The fourth-order valence-electron chi connectivity index (χ4n) is 4.33. The number of hydrogen-bond donors (Lipinski definition) is 1. The largest absolute Gasteiger partial charge is 0.469 e. The van der Waals surface area contributed by atoms with Gasteiger partial charge < -0.3 is 15.0 Å². The monoisotopic (exact) mass is 354 g/mol. The Morgan fingerprint density at radius 1 is 1.35 bits per heavy atom. The molecule has 0 bridgehead atoms. The highest BCUT2D eigenvalue weighted by Gasteiger charge is 2.39. The lowest BCUT2D eigenvalue weighted by atomic mass is 9.70. The molecular formula is C21H26N2O3. The van der Waals surface area contributed by atoms with Gasteiger partial charge in [0.15, 0.2) is 6.29 Å². The quantitative estimate of drug-likeness (QED) is 0.484. The molecule has 0 spiro atoms. The zero-order valence-electron chi connectivity index (χ0n) is 15.5. The van der Waals surface area contributed by atoms with Crippen LogP contribution in [0, 0.1) is 0 Å². The number of methoxy groups -OCH3 is 1. The highest BCUT2D eigenvalue weighted by molar-refractivity contribution is 5.85. The second-order valence-electron chi connectivity index (χ2n) is 7.00. The van der Waals surface area contributed by atoms with Crippen molar-refractivity contribution in [1.82, 2.24) is 4.57 Å². The van der Waals surface area contributed by atoms with Crippen LogP contribution in [0.3, 0.4) is 0 Å². The number of aldehydes is 1. The van der Waals surface area contributed by atoms with Crippen LogP contribution in [0.25, 0.3) is 11.1 Å². The van der Waals surface area contributed by atoms with Gasteiger partial charge in [-0.2, -0.15) is 0 Å². The molecular weight excluding hydrogens is 328 g/mol. The highest BCUT2D eigenvalue weighted by atomic mass is 16.5. The number of nitrogens with zero attached hydrogens (tertiary/aromatic N) is 1. The van der Waals surface area contributed by atoms with E-state index in [0.717, 1.165) is 48.9 Å². The van der Waals surface area contributed by atoms with Gasteiger partial charge in [0.2, 0.25) is 0 Å². The first kappa shape index (κ1) is 18.2. The van der Waals surface area contributed by atoms with Crippen LogP contribution < -0.4 is 5.73 Å². The summed E-state index contributed by atoms with van der Waals surface area (Å²) in [7, 11) is 1.42. The predicted molar refractivity (Wildman–Crippen MR) is 102 cm³/mol. The molecule has 0 radical (unpaired) electrons. The van der Waals surface area contributed by atoms with Crippen molar-refractivity contribution < 1.29 is 14.3 Å². The first-order chi connectivity index (χ1) is 12.6. The summed E-state index contributed by atoms with van der Waals surface area (Å²) in [5, 5.41) is 0. The maximum Gasteiger partial charge on any atom is 0.305 e. The van der Waals surface area contributed by atoms with Gasteiger partial charge in [-0.15, -0.1) is 0 Å². The number of para-hydroxylation sites is 1. The normalized spacial score (nSPS) is 19.0. The SMILES string of the molecule is CCC1(CCC(=O)OC)CCCn2c(C=O)cc(-c3ccccc3N)c21. The van der Waals surface area contributed by atoms with Crippen LogP contribution in [0.15, 0.2) is 30.3 Å². The van der Waals surface area contributed by atoms with E-state index in [9.17, 15) is 9.59 Å². The molecule has 2 N–H and O–H groups in total. The molecule has 1 aromatic carbocycles. The lowest BCUT2D eigenvalue weighted by molar-refractivity contribution is -0.141. The van der Waals surface area contributed by atoms with Crippen LogP contribution >= 0.6 is 0 Å². The predicted octanol–water partition coefficient (Wildman–Crippen LogP) is 3.94. The van der Waals surface area contributed by atoms with Crippen molar-refractivity contribution in [3.8, 4) is 11.1 Å². The van der Waals surface area contributed by atoms with E-state index < -0.39 is 0 Å². The van der Waals surface area contributed by atoms with Crippen LogP contribution in [0.5, 0.6) is 0 Å². The Kier molecular flexibility index (Phi) is 5.16. The zero-order valence-corrected chi connectivity index (χ0v) is 15.5. The van der Waals surface area contributed by atoms with E-state index in [4.69, 9.17) is 10.5 Å². The van der Waals surface area contributed by atoms with Gasteiger partial charge in [0.05, 0.1) is 12.8 Å². The topological polar surface area (TPSA) is 74.3 Å². The summed E-state index contributed by atoms with van der Waals surface area (Å²) >= 11 is 0. The standard InChI is InChI=1S/C21H26N2O3/c1-3-21(11-9-19(25)26-2)10-6-12-23-15(14-24)13-17(20(21)23)16-7-4-5-8-18(16)22/h4-5,7-8,13-14H,3,6,9-12,22H2,1-2H3. The molecule has 0 saturated heterocycles. The average molecular weight is 354 g/mol. The number of nitrogens with two attached hydrogens (primary N) is 1. The Morgan fingerprint density at radius 3 is 2.77 bits per heavy atom. The summed E-state index contributed by atoms with van der Waals surface area (Å²) in [5.74, 6) is -0.196. The van der Waals surface area contributed by atoms with Crippen molar-refractivity contribution in [1.29, 1.82) is 0 Å². The van der Waals surface area contributed by atoms with Gasteiger partial charge in [0.1, 0.15) is 0 Å². The smallest absolute Gasteiger partial charge is 0.305 e. The summed E-state index contributed by atoms with van der Waals surface area (Å²) < 4.78 is 6.98. The third kappa shape index (κ3) is 3.02. The van der Waals surface area contributed by atoms with Crippen molar-refractivity contribution in [3.05, 3.63) is 41.7 Å². The molecule has 1 unspecified atom stereocenters. The molecule has 0 saturated carbocycles. The maximum absolute atomic E-state index is 11.8. The van der Waals surface area contributed by atoms with Gasteiger partial charge in [-0.05, 0) is 37.8 Å². The Hall–Kier alpha value is -2.56.